The molecule has 0 aromatic heterocycles. The molecule has 0 heterocycles. The molecule has 114 valence electrons. The number of halogens is 1. The Hall–Kier alpha value is -1.23. The summed E-state index contributed by atoms with van der Waals surface area (Å²) in [6.45, 7) is 1.11. The van der Waals surface area contributed by atoms with E-state index in [-0.39, 0.29) is 12.2 Å². The first kappa shape index (κ1) is 16.8. The van der Waals surface area contributed by atoms with Gasteiger partial charge in [-0.05, 0) is 25.1 Å². The summed E-state index contributed by atoms with van der Waals surface area (Å²) in [6.07, 6.45) is -0.0289. The topological polar surface area (TPSA) is 113 Å². The van der Waals surface area contributed by atoms with Gasteiger partial charge in [0.25, 0.3) is 0 Å². The summed E-state index contributed by atoms with van der Waals surface area (Å²) in [7, 11) is -7.69. The average molecular weight is 326 g/mol. The molecule has 0 aliphatic heterocycles. The lowest BCUT2D eigenvalue weighted by Crippen LogP contribution is -2.31. The number of aliphatic hydroxyl groups excluding tert-OH is 1. The van der Waals surface area contributed by atoms with Crippen molar-refractivity contribution in [3.8, 4) is 0 Å². The van der Waals surface area contributed by atoms with Crippen LogP contribution >= 0.6 is 0 Å². The Balaban J connectivity index is 3.04. The third-order valence-corrected chi connectivity index (χ3v) is 4.16. The number of sulfonamides is 2. The number of benzene rings is 1. The molecule has 0 fully saturated rings. The third-order valence-electron chi connectivity index (χ3n) is 2.09. The van der Waals surface area contributed by atoms with Gasteiger partial charge in [0.15, 0.2) is 0 Å². The van der Waals surface area contributed by atoms with E-state index in [4.69, 9.17) is 5.11 Å². The number of anilines is 1. The van der Waals surface area contributed by atoms with Crippen molar-refractivity contribution in [3.05, 3.63) is 24.0 Å². The first-order valence-electron chi connectivity index (χ1n) is 5.46. The lowest BCUT2D eigenvalue weighted by atomic mass is 10.3. The summed E-state index contributed by atoms with van der Waals surface area (Å²) in [4.78, 5) is -0.628. The van der Waals surface area contributed by atoms with Gasteiger partial charge in [0.1, 0.15) is 10.7 Å². The van der Waals surface area contributed by atoms with E-state index in [1.165, 1.54) is 6.92 Å². The monoisotopic (exact) mass is 326 g/mol. The molecule has 0 saturated heterocycles. The van der Waals surface area contributed by atoms with Gasteiger partial charge in [0.05, 0.1) is 18.0 Å². The molecule has 10 heteroatoms. The van der Waals surface area contributed by atoms with Crippen molar-refractivity contribution >= 4 is 25.7 Å². The molecule has 1 atom stereocenters. The summed E-state index contributed by atoms with van der Waals surface area (Å²) in [5.41, 5.74) is -0.0838. The highest BCUT2D eigenvalue weighted by atomic mass is 32.2. The number of aliphatic hydroxyl groups is 1. The van der Waals surface area contributed by atoms with Crippen LogP contribution < -0.4 is 9.44 Å². The van der Waals surface area contributed by atoms with Gasteiger partial charge in [0, 0.05) is 6.54 Å². The van der Waals surface area contributed by atoms with Gasteiger partial charge < -0.3 is 5.11 Å². The predicted molar refractivity (Wildman–Crippen MR) is 71.7 cm³/mol. The van der Waals surface area contributed by atoms with Crippen molar-refractivity contribution in [2.24, 2.45) is 0 Å². The maximum Gasteiger partial charge on any atom is 0.243 e. The quantitative estimate of drug-likeness (QED) is 0.673. The molecule has 0 radical (unpaired) electrons. The molecule has 7 nitrogen and oxygen atoms in total. The first-order chi connectivity index (χ1) is 9.01. The van der Waals surface area contributed by atoms with Gasteiger partial charge in [-0.1, -0.05) is 0 Å². The summed E-state index contributed by atoms with van der Waals surface area (Å²) in [6, 6.07) is 2.83. The van der Waals surface area contributed by atoms with E-state index in [1.807, 2.05) is 9.44 Å². The van der Waals surface area contributed by atoms with E-state index in [9.17, 15) is 21.2 Å². The van der Waals surface area contributed by atoms with Gasteiger partial charge >= 0.3 is 0 Å². The Morgan fingerprint density at radius 1 is 1.30 bits per heavy atom. The van der Waals surface area contributed by atoms with Crippen LogP contribution in [0.5, 0.6) is 0 Å². The predicted octanol–water partition coefficient (Wildman–Crippen LogP) is -0.144. The maximum atomic E-state index is 13.7. The fourth-order valence-electron chi connectivity index (χ4n) is 1.30. The number of nitrogens with one attached hydrogen (secondary N) is 2. The lowest BCUT2D eigenvalue weighted by Gasteiger charge is -2.10. The van der Waals surface area contributed by atoms with Gasteiger partial charge in [-0.25, -0.2) is 25.9 Å². The molecule has 0 amide bonds. The Morgan fingerprint density at radius 2 is 1.90 bits per heavy atom. The van der Waals surface area contributed by atoms with Crippen LogP contribution in [0.3, 0.4) is 0 Å². The molecule has 1 rings (SSSR count). The molecule has 1 aromatic rings. The van der Waals surface area contributed by atoms with Crippen LogP contribution in [-0.2, 0) is 20.0 Å². The zero-order valence-corrected chi connectivity index (χ0v) is 12.4. The minimum atomic E-state index is -4.11. The zero-order valence-electron chi connectivity index (χ0n) is 10.8. The highest BCUT2D eigenvalue weighted by Gasteiger charge is 2.20. The highest BCUT2D eigenvalue weighted by Crippen LogP contribution is 2.19. The van der Waals surface area contributed by atoms with E-state index in [0.717, 1.165) is 24.5 Å². The van der Waals surface area contributed by atoms with E-state index in [1.54, 1.807) is 0 Å². The Bertz CT molecular complexity index is 686. The largest absolute Gasteiger partial charge is 0.392 e. The van der Waals surface area contributed by atoms with Crippen molar-refractivity contribution in [2.45, 2.75) is 17.9 Å². The normalized spacial score (nSPS) is 14.0. The zero-order chi connectivity index (χ0) is 15.6. The molecule has 0 saturated carbocycles. The second-order valence-electron chi connectivity index (χ2n) is 4.22. The average Bonchev–Trinajstić information content (AvgIpc) is 2.24. The van der Waals surface area contributed by atoms with E-state index < -0.39 is 36.9 Å². The van der Waals surface area contributed by atoms with Crippen LogP contribution in [-0.4, -0.2) is 40.8 Å². The Labute approximate surface area is 116 Å². The smallest absolute Gasteiger partial charge is 0.243 e. The molecule has 3 N–H and O–H groups in total. The van der Waals surface area contributed by atoms with Crippen molar-refractivity contribution in [1.29, 1.82) is 0 Å². The minimum absolute atomic E-state index is 0.0838. The number of hydrogen-bond acceptors (Lipinski definition) is 5. The third kappa shape index (κ3) is 5.04. The second kappa shape index (κ2) is 6.04. The van der Waals surface area contributed by atoms with Gasteiger partial charge in [0.2, 0.25) is 20.0 Å². The van der Waals surface area contributed by atoms with Crippen molar-refractivity contribution in [3.63, 3.8) is 0 Å². The van der Waals surface area contributed by atoms with Gasteiger partial charge in [-0.2, -0.15) is 0 Å². The summed E-state index contributed by atoms with van der Waals surface area (Å²) < 4.78 is 63.2. The van der Waals surface area contributed by atoms with E-state index in [0.29, 0.717) is 0 Å². The van der Waals surface area contributed by atoms with Gasteiger partial charge in [-0.3, -0.25) is 4.72 Å². The van der Waals surface area contributed by atoms with Crippen molar-refractivity contribution < 1.29 is 26.3 Å². The van der Waals surface area contributed by atoms with Crippen LogP contribution in [0, 0.1) is 5.82 Å². The van der Waals surface area contributed by atoms with Gasteiger partial charge in [-0.15, -0.1) is 0 Å². The van der Waals surface area contributed by atoms with Crippen LogP contribution in [0.25, 0.3) is 0 Å². The van der Waals surface area contributed by atoms with Crippen LogP contribution in [0.1, 0.15) is 6.92 Å². The summed E-state index contributed by atoms with van der Waals surface area (Å²) >= 11 is 0. The first-order valence-corrected chi connectivity index (χ1v) is 8.84. The van der Waals surface area contributed by atoms with Crippen LogP contribution in [0.15, 0.2) is 23.1 Å². The second-order valence-corrected chi connectivity index (χ2v) is 7.70. The fourth-order valence-corrected chi connectivity index (χ4v) is 3.04. The molecule has 20 heavy (non-hydrogen) atoms. The van der Waals surface area contributed by atoms with E-state index >= 15 is 0 Å². The molecule has 0 aliphatic carbocycles. The Morgan fingerprint density at radius 3 is 2.35 bits per heavy atom. The van der Waals surface area contributed by atoms with Crippen LogP contribution in [0.2, 0.25) is 0 Å². The summed E-state index contributed by atoms with van der Waals surface area (Å²) in [5.74, 6) is -1.10. The standard InChI is InChI=1S/C10H15FN2O5S2/c1-7(14)6-12-20(17,18)10-4-3-8(5-9(10)11)13-19(2,15)16/h3-5,7,12-14H,6H2,1-2H3/t7-/m1/s1. The minimum Gasteiger partial charge on any atom is -0.392 e. The van der Waals surface area contributed by atoms with Crippen molar-refractivity contribution in [1.82, 2.24) is 4.72 Å². The summed E-state index contributed by atoms with van der Waals surface area (Å²) in [5, 5.41) is 9.01. The van der Waals surface area contributed by atoms with Crippen LogP contribution in [0.4, 0.5) is 10.1 Å². The lowest BCUT2D eigenvalue weighted by molar-refractivity contribution is 0.198. The molecule has 1 aromatic carbocycles. The van der Waals surface area contributed by atoms with E-state index in [2.05, 4.69) is 0 Å². The fraction of sp³-hybridized carbons (Fsp3) is 0.400. The highest BCUT2D eigenvalue weighted by molar-refractivity contribution is 7.92. The number of rotatable bonds is 6. The Kier molecular flexibility index (Phi) is 5.08. The number of hydrogen-bond donors (Lipinski definition) is 3. The molecule has 0 unspecified atom stereocenters. The molecule has 0 aliphatic rings. The molecule has 0 spiro atoms. The molecule has 0 bridgehead atoms. The van der Waals surface area contributed by atoms with Crippen molar-refractivity contribution in [2.75, 3.05) is 17.5 Å². The maximum absolute atomic E-state index is 13.7. The molecular formula is C10H15FN2O5S2. The SMILES string of the molecule is C[C@@H](O)CNS(=O)(=O)c1ccc(NS(C)(=O)=O)cc1F. The molecular weight excluding hydrogens is 311 g/mol.